The Morgan fingerprint density at radius 1 is 1.43 bits per heavy atom. The number of rotatable bonds is 1. The van der Waals surface area contributed by atoms with E-state index in [0.717, 1.165) is 4.47 Å². The highest BCUT2D eigenvalue weighted by atomic mass is 79.9. The van der Waals surface area contributed by atoms with Gasteiger partial charge in [0.25, 0.3) is 5.95 Å². The fourth-order valence-electron chi connectivity index (χ4n) is 1.01. The van der Waals surface area contributed by atoms with Crippen molar-refractivity contribution < 1.29 is 0 Å². The van der Waals surface area contributed by atoms with Gasteiger partial charge in [0.15, 0.2) is 0 Å². The summed E-state index contributed by atoms with van der Waals surface area (Å²) in [6.07, 6.45) is 3.19. The molecule has 1 N–H and O–H groups in total. The molecule has 0 amide bonds. The van der Waals surface area contributed by atoms with Crippen LogP contribution in [0.25, 0.3) is 5.95 Å². The van der Waals surface area contributed by atoms with Crippen LogP contribution in [0.4, 0.5) is 0 Å². The summed E-state index contributed by atoms with van der Waals surface area (Å²) in [6.45, 7) is 1.70. The molecule has 14 heavy (non-hydrogen) atoms. The summed E-state index contributed by atoms with van der Waals surface area (Å²) in [5.74, 6) is 0.914. The van der Waals surface area contributed by atoms with Gasteiger partial charge in [-0.05, 0) is 22.9 Å². The molecule has 2 heterocycles. The lowest BCUT2D eigenvalue weighted by molar-refractivity contribution is 0.770. The lowest BCUT2D eigenvalue weighted by atomic mass is 10.6. The van der Waals surface area contributed by atoms with E-state index in [-0.39, 0.29) is 0 Å². The van der Waals surface area contributed by atoms with Gasteiger partial charge in [-0.25, -0.2) is 24.5 Å². The van der Waals surface area contributed by atoms with Crippen molar-refractivity contribution in [3.8, 4) is 5.95 Å². The Morgan fingerprint density at radius 2 is 2.07 bits per heavy atom. The summed E-state index contributed by atoms with van der Waals surface area (Å²) in [5.41, 5.74) is -0.408. The van der Waals surface area contributed by atoms with E-state index in [9.17, 15) is 4.79 Å². The van der Waals surface area contributed by atoms with E-state index in [2.05, 4.69) is 36.0 Å². The normalized spacial score (nSPS) is 10.4. The molecule has 0 radical (unpaired) electrons. The van der Waals surface area contributed by atoms with Crippen LogP contribution in [0.3, 0.4) is 0 Å². The maximum atomic E-state index is 10.9. The zero-order chi connectivity index (χ0) is 10.1. The average molecular weight is 256 g/mol. The van der Waals surface area contributed by atoms with E-state index in [1.807, 2.05) is 0 Å². The van der Waals surface area contributed by atoms with Crippen molar-refractivity contribution in [2.24, 2.45) is 0 Å². The number of hydrogen-bond acceptors (Lipinski definition) is 4. The van der Waals surface area contributed by atoms with Gasteiger partial charge in [-0.1, -0.05) is 0 Å². The average Bonchev–Trinajstić information content (AvgIpc) is 2.47. The Bertz CT molecular complexity index is 500. The molecular weight excluding hydrogens is 250 g/mol. The molecule has 72 valence electrons. The molecule has 0 atom stereocenters. The third kappa shape index (κ3) is 1.58. The van der Waals surface area contributed by atoms with Crippen molar-refractivity contribution in [3.05, 3.63) is 33.2 Å². The molecule has 0 bridgehead atoms. The van der Waals surface area contributed by atoms with Crippen LogP contribution in [0, 0.1) is 6.92 Å². The predicted molar refractivity (Wildman–Crippen MR) is 52.2 cm³/mol. The number of nitrogens with zero attached hydrogens (tertiary/aromatic N) is 4. The third-order valence-electron chi connectivity index (χ3n) is 1.60. The highest BCUT2D eigenvalue weighted by molar-refractivity contribution is 9.10. The molecule has 0 aliphatic carbocycles. The molecule has 0 saturated heterocycles. The van der Waals surface area contributed by atoms with Crippen molar-refractivity contribution >= 4 is 15.9 Å². The summed E-state index contributed by atoms with van der Waals surface area (Å²) >= 11 is 3.22. The second-order valence-corrected chi connectivity index (χ2v) is 3.53. The standard InChI is InChI=1S/C7H6BrN5O/c1-4-11-7(14)12-13(4)6-9-2-5(8)3-10-6/h2-3H,1H3,(H,12,14). The van der Waals surface area contributed by atoms with Crippen LogP contribution in [-0.2, 0) is 0 Å². The van der Waals surface area contributed by atoms with Crippen molar-refractivity contribution in [1.82, 2.24) is 24.7 Å². The second kappa shape index (κ2) is 3.33. The number of H-pyrrole nitrogens is 1. The molecule has 0 aliphatic rings. The topological polar surface area (TPSA) is 76.5 Å². The minimum atomic E-state index is -0.408. The monoisotopic (exact) mass is 255 g/mol. The van der Waals surface area contributed by atoms with Gasteiger partial charge in [-0.2, -0.15) is 4.98 Å². The van der Waals surface area contributed by atoms with Crippen molar-refractivity contribution in [3.63, 3.8) is 0 Å². The third-order valence-corrected chi connectivity index (χ3v) is 2.01. The van der Waals surface area contributed by atoms with E-state index >= 15 is 0 Å². The van der Waals surface area contributed by atoms with Crippen molar-refractivity contribution in [2.75, 3.05) is 0 Å². The highest BCUT2D eigenvalue weighted by Gasteiger charge is 2.05. The van der Waals surface area contributed by atoms with Crippen LogP contribution in [0.2, 0.25) is 0 Å². The van der Waals surface area contributed by atoms with Gasteiger partial charge >= 0.3 is 5.69 Å². The molecule has 2 rings (SSSR count). The first-order valence-electron chi connectivity index (χ1n) is 3.80. The van der Waals surface area contributed by atoms with Gasteiger partial charge in [0.05, 0.1) is 4.47 Å². The fourth-order valence-corrected chi connectivity index (χ4v) is 1.22. The van der Waals surface area contributed by atoms with Gasteiger partial charge < -0.3 is 0 Å². The van der Waals surface area contributed by atoms with Gasteiger partial charge in [0.1, 0.15) is 5.82 Å². The van der Waals surface area contributed by atoms with E-state index in [1.54, 1.807) is 19.3 Å². The maximum Gasteiger partial charge on any atom is 0.361 e. The smallest absolute Gasteiger partial charge is 0.244 e. The Kier molecular flexibility index (Phi) is 2.16. The summed E-state index contributed by atoms with van der Waals surface area (Å²) < 4.78 is 2.20. The Hall–Kier alpha value is -1.50. The lowest BCUT2D eigenvalue weighted by Crippen LogP contribution is -2.08. The first kappa shape index (κ1) is 9.07. The van der Waals surface area contributed by atoms with E-state index in [1.165, 1.54) is 4.68 Å². The molecule has 0 unspecified atom stereocenters. The first-order valence-corrected chi connectivity index (χ1v) is 4.60. The van der Waals surface area contributed by atoms with Gasteiger partial charge in [0, 0.05) is 12.4 Å². The molecule has 0 aromatic carbocycles. The van der Waals surface area contributed by atoms with Crippen molar-refractivity contribution in [2.45, 2.75) is 6.92 Å². The van der Waals surface area contributed by atoms with Gasteiger partial charge in [-0.3, -0.25) is 0 Å². The summed E-state index contributed by atoms with van der Waals surface area (Å²) in [7, 11) is 0. The SMILES string of the molecule is Cc1nc(=O)[nH]n1-c1ncc(Br)cn1. The predicted octanol–water partition coefficient (Wildman–Crippen LogP) is 0.422. The molecule has 0 aliphatic heterocycles. The van der Waals surface area contributed by atoms with E-state index in [4.69, 9.17) is 0 Å². The summed E-state index contributed by atoms with van der Waals surface area (Å²) in [6, 6.07) is 0. The van der Waals surface area contributed by atoms with Crippen molar-refractivity contribution in [1.29, 1.82) is 0 Å². The number of hydrogen-bond donors (Lipinski definition) is 1. The van der Waals surface area contributed by atoms with Crippen LogP contribution in [-0.4, -0.2) is 24.7 Å². The summed E-state index contributed by atoms with van der Waals surface area (Å²) in [5, 5.41) is 2.49. The van der Waals surface area contributed by atoms with Crippen LogP contribution in [0.1, 0.15) is 5.82 Å². The molecule has 2 aromatic heterocycles. The Labute approximate surface area is 87.1 Å². The Morgan fingerprint density at radius 3 is 2.57 bits per heavy atom. The fraction of sp³-hybridized carbons (Fsp3) is 0.143. The van der Waals surface area contributed by atoms with Gasteiger partial charge in [-0.15, -0.1) is 0 Å². The maximum absolute atomic E-state index is 10.9. The van der Waals surface area contributed by atoms with E-state index in [0.29, 0.717) is 11.8 Å². The van der Waals surface area contributed by atoms with Crippen LogP contribution in [0.5, 0.6) is 0 Å². The highest BCUT2D eigenvalue weighted by Crippen LogP contribution is 2.06. The number of aromatic amines is 1. The van der Waals surface area contributed by atoms with Crippen LogP contribution < -0.4 is 5.69 Å². The first-order chi connectivity index (χ1) is 6.66. The molecule has 0 spiro atoms. The van der Waals surface area contributed by atoms with Gasteiger partial charge in [0.2, 0.25) is 0 Å². The molecule has 7 heteroatoms. The quantitative estimate of drug-likeness (QED) is 0.802. The molecule has 0 fully saturated rings. The Balaban J connectivity index is 2.54. The number of aromatic nitrogens is 5. The van der Waals surface area contributed by atoms with Crippen LogP contribution >= 0.6 is 15.9 Å². The lowest BCUT2D eigenvalue weighted by Gasteiger charge is -2.00. The molecular formula is C7H6BrN5O. The number of aryl methyl sites for hydroxylation is 1. The zero-order valence-corrected chi connectivity index (χ0v) is 8.82. The largest absolute Gasteiger partial charge is 0.361 e. The summed E-state index contributed by atoms with van der Waals surface area (Å²) in [4.78, 5) is 22.6. The molecule has 0 saturated carbocycles. The van der Waals surface area contributed by atoms with E-state index < -0.39 is 5.69 Å². The molecule has 2 aromatic rings. The minimum Gasteiger partial charge on any atom is -0.244 e. The number of nitrogens with one attached hydrogen (secondary N) is 1. The number of halogens is 1. The second-order valence-electron chi connectivity index (χ2n) is 2.61. The molecule has 6 nitrogen and oxygen atoms in total. The minimum absolute atomic E-state index is 0.389. The zero-order valence-electron chi connectivity index (χ0n) is 7.23. The van der Waals surface area contributed by atoms with Crippen LogP contribution in [0.15, 0.2) is 21.7 Å².